The largest absolute Gasteiger partial charge is 0.449 e. The molecule has 1 atom stereocenters. The Morgan fingerprint density at radius 3 is 1.80 bits per heavy atom. The maximum atomic E-state index is 12.7. The number of alkyl halides is 6. The lowest BCUT2D eigenvalue weighted by Gasteiger charge is -2.15. The summed E-state index contributed by atoms with van der Waals surface area (Å²) in [6, 6.07) is -1.15. The second-order valence-electron chi connectivity index (χ2n) is 4.70. The summed E-state index contributed by atoms with van der Waals surface area (Å²) in [5.41, 5.74) is 0.141. The molecule has 3 N–H and O–H groups in total. The van der Waals surface area contributed by atoms with E-state index >= 15 is 0 Å². The second kappa shape index (κ2) is 6.99. The lowest BCUT2D eigenvalue weighted by Crippen LogP contribution is -2.42. The van der Waals surface area contributed by atoms with Crippen molar-refractivity contribution in [2.45, 2.75) is 25.4 Å². The maximum Gasteiger partial charge on any atom is 0.416 e. The highest BCUT2D eigenvalue weighted by Gasteiger charge is 2.38. The summed E-state index contributed by atoms with van der Waals surface area (Å²) >= 11 is 0. The van der Waals surface area contributed by atoms with E-state index in [0.717, 1.165) is 6.92 Å². The molecule has 6 nitrogen and oxygen atoms in total. The molecule has 0 aliphatic carbocycles. The molecular formula is C13H10F6N2O4. The van der Waals surface area contributed by atoms with Crippen molar-refractivity contribution in [2.24, 2.45) is 5.73 Å². The summed E-state index contributed by atoms with van der Waals surface area (Å²) in [6.45, 7) is 0.939. The maximum absolute atomic E-state index is 12.7. The van der Waals surface area contributed by atoms with Crippen LogP contribution in [0.15, 0.2) is 18.2 Å². The van der Waals surface area contributed by atoms with Gasteiger partial charge in [-0.05, 0) is 25.1 Å². The molecule has 0 heterocycles. The predicted molar refractivity (Wildman–Crippen MR) is 69.0 cm³/mol. The minimum absolute atomic E-state index is 0.149. The van der Waals surface area contributed by atoms with Gasteiger partial charge in [-0.25, -0.2) is 9.59 Å². The van der Waals surface area contributed by atoms with Gasteiger partial charge in [-0.15, -0.1) is 0 Å². The summed E-state index contributed by atoms with van der Waals surface area (Å²) in [6.07, 6.45) is -12.0. The molecule has 0 aromatic heterocycles. The fourth-order valence-corrected chi connectivity index (χ4v) is 1.58. The van der Waals surface area contributed by atoms with E-state index in [4.69, 9.17) is 0 Å². The number of hydrogen-bond acceptors (Lipinski definition) is 4. The molecule has 0 radical (unpaired) electrons. The Bertz CT molecular complexity index is 666. The summed E-state index contributed by atoms with van der Waals surface area (Å²) in [7, 11) is 0. The van der Waals surface area contributed by atoms with Gasteiger partial charge in [0.25, 0.3) is 5.91 Å². The molecule has 3 amide bonds. The molecule has 0 aliphatic heterocycles. The van der Waals surface area contributed by atoms with Crippen molar-refractivity contribution in [1.82, 2.24) is 5.32 Å². The standard InChI is InChI=1S/C13H10F6N2O4/c1-5(9(22)21-11(20)24)25-10(23)6-2-7(12(14,15)16)4-8(3-6)13(17,18)19/h2-5H,1H3,(H3,20,21,22,24). The Labute approximate surface area is 135 Å². The normalized spacial score (nSPS) is 13.1. The van der Waals surface area contributed by atoms with Crippen molar-refractivity contribution < 1.29 is 45.5 Å². The molecule has 0 fully saturated rings. The van der Waals surface area contributed by atoms with Crippen molar-refractivity contribution in [2.75, 3.05) is 0 Å². The summed E-state index contributed by atoms with van der Waals surface area (Å²) in [5.74, 6) is -2.83. The van der Waals surface area contributed by atoms with Crippen LogP contribution in [0.1, 0.15) is 28.4 Å². The number of amides is 3. The van der Waals surface area contributed by atoms with E-state index in [0.29, 0.717) is 0 Å². The number of urea groups is 1. The van der Waals surface area contributed by atoms with Gasteiger partial charge in [-0.1, -0.05) is 0 Å². The average Bonchev–Trinajstić information content (AvgIpc) is 2.44. The molecule has 1 rings (SSSR count). The van der Waals surface area contributed by atoms with Crippen molar-refractivity contribution in [1.29, 1.82) is 0 Å². The average molecular weight is 372 g/mol. The molecule has 1 aromatic rings. The van der Waals surface area contributed by atoms with Gasteiger partial charge in [0, 0.05) is 0 Å². The number of ether oxygens (including phenoxy) is 1. The van der Waals surface area contributed by atoms with Crippen LogP contribution in [-0.2, 0) is 21.9 Å². The van der Waals surface area contributed by atoms with Crippen LogP contribution in [0.5, 0.6) is 0 Å². The number of nitrogens with two attached hydrogens (primary N) is 1. The molecule has 0 spiro atoms. The molecular weight excluding hydrogens is 362 g/mol. The lowest BCUT2D eigenvalue weighted by atomic mass is 10.0. The van der Waals surface area contributed by atoms with Crippen LogP contribution in [0.3, 0.4) is 0 Å². The number of halogens is 6. The van der Waals surface area contributed by atoms with Crippen LogP contribution < -0.4 is 11.1 Å². The van der Waals surface area contributed by atoms with Gasteiger partial charge in [0.15, 0.2) is 6.10 Å². The highest BCUT2D eigenvalue weighted by atomic mass is 19.4. The molecule has 138 valence electrons. The summed E-state index contributed by atoms with van der Waals surface area (Å²) < 4.78 is 80.6. The van der Waals surface area contributed by atoms with E-state index in [2.05, 4.69) is 10.5 Å². The molecule has 12 heteroatoms. The number of hydrogen-bond donors (Lipinski definition) is 2. The predicted octanol–water partition coefficient (Wildman–Crippen LogP) is 2.46. The zero-order valence-corrected chi connectivity index (χ0v) is 12.3. The van der Waals surface area contributed by atoms with Crippen LogP contribution in [0.4, 0.5) is 31.1 Å². The van der Waals surface area contributed by atoms with Crippen molar-refractivity contribution >= 4 is 17.9 Å². The van der Waals surface area contributed by atoms with Crippen molar-refractivity contribution in [3.8, 4) is 0 Å². The van der Waals surface area contributed by atoms with E-state index in [1.54, 1.807) is 0 Å². The topological polar surface area (TPSA) is 98.5 Å². The van der Waals surface area contributed by atoms with Gasteiger partial charge in [0.2, 0.25) is 0 Å². The smallest absolute Gasteiger partial charge is 0.416 e. The number of esters is 1. The molecule has 1 aromatic carbocycles. The Morgan fingerprint density at radius 1 is 1.00 bits per heavy atom. The molecule has 0 bridgehead atoms. The molecule has 1 unspecified atom stereocenters. The van der Waals surface area contributed by atoms with E-state index in [-0.39, 0.29) is 18.2 Å². The van der Waals surface area contributed by atoms with Crippen molar-refractivity contribution in [3.63, 3.8) is 0 Å². The Hall–Kier alpha value is -2.79. The number of carbonyl (C=O) groups excluding carboxylic acids is 3. The van der Waals surface area contributed by atoms with Gasteiger partial charge in [0.05, 0.1) is 16.7 Å². The number of imide groups is 1. The molecule has 0 saturated heterocycles. The molecule has 25 heavy (non-hydrogen) atoms. The fourth-order valence-electron chi connectivity index (χ4n) is 1.58. The number of carbonyl (C=O) groups is 3. The van der Waals surface area contributed by atoms with E-state index in [1.165, 1.54) is 5.32 Å². The highest BCUT2D eigenvalue weighted by Crippen LogP contribution is 2.36. The van der Waals surface area contributed by atoms with E-state index < -0.39 is 53.1 Å². The number of nitrogens with one attached hydrogen (secondary N) is 1. The fraction of sp³-hybridized carbons (Fsp3) is 0.308. The minimum Gasteiger partial charge on any atom is -0.449 e. The van der Waals surface area contributed by atoms with Gasteiger partial charge in [0.1, 0.15) is 0 Å². The van der Waals surface area contributed by atoms with Crippen LogP contribution in [0, 0.1) is 0 Å². The Balaban J connectivity index is 3.16. The van der Waals surface area contributed by atoms with E-state index in [9.17, 15) is 40.7 Å². The second-order valence-corrected chi connectivity index (χ2v) is 4.70. The highest BCUT2D eigenvalue weighted by molar-refractivity contribution is 5.98. The van der Waals surface area contributed by atoms with Gasteiger partial charge >= 0.3 is 24.4 Å². The van der Waals surface area contributed by atoms with Crippen LogP contribution in [0.25, 0.3) is 0 Å². The molecule has 0 saturated carbocycles. The summed E-state index contributed by atoms with van der Waals surface area (Å²) in [4.78, 5) is 33.6. The minimum atomic E-state index is -5.15. The van der Waals surface area contributed by atoms with Gasteiger partial charge < -0.3 is 10.5 Å². The van der Waals surface area contributed by atoms with Crippen molar-refractivity contribution in [3.05, 3.63) is 34.9 Å². The first-order valence-electron chi connectivity index (χ1n) is 6.32. The first kappa shape index (κ1) is 20.3. The first-order chi connectivity index (χ1) is 11.2. The Kier molecular flexibility index (Phi) is 5.66. The third kappa shape index (κ3) is 5.65. The third-order valence-corrected chi connectivity index (χ3v) is 2.72. The first-order valence-corrected chi connectivity index (χ1v) is 6.32. The summed E-state index contributed by atoms with van der Waals surface area (Å²) in [5, 5.41) is 1.53. The molecule has 0 aliphatic rings. The van der Waals surface area contributed by atoms with Crippen LogP contribution in [0.2, 0.25) is 0 Å². The zero-order chi connectivity index (χ0) is 19.6. The quantitative estimate of drug-likeness (QED) is 0.629. The number of rotatable bonds is 3. The lowest BCUT2D eigenvalue weighted by molar-refractivity contribution is -0.143. The van der Waals surface area contributed by atoms with Crippen LogP contribution in [-0.4, -0.2) is 24.0 Å². The SMILES string of the molecule is CC(OC(=O)c1cc(C(F)(F)F)cc(C(F)(F)F)c1)C(=O)NC(N)=O. The zero-order valence-electron chi connectivity index (χ0n) is 12.3. The van der Waals surface area contributed by atoms with Gasteiger partial charge in [-0.2, -0.15) is 26.3 Å². The van der Waals surface area contributed by atoms with Gasteiger partial charge in [-0.3, -0.25) is 10.1 Å². The van der Waals surface area contributed by atoms with Crippen LogP contribution >= 0.6 is 0 Å². The number of benzene rings is 1. The number of primary amides is 1. The van der Waals surface area contributed by atoms with E-state index in [1.807, 2.05) is 0 Å². The third-order valence-electron chi connectivity index (χ3n) is 2.72. The Morgan fingerprint density at radius 2 is 1.44 bits per heavy atom. The monoisotopic (exact) mass is 372 g/mol.